The van der Waals surface area contributed by atoms with Gasteiger partial charge in [0, 0.05) is 20.1 Å². The molecule has 0 aromatic carbocycles. The number of nitrogens with one attached hydrogen (secondary N) is 1. The molecule has 3 rings (SSSR count). The molecule has 21 heavy (non-hydrogen) atoms. The standard InChI is InChI=1S/C13H17BrN6O/c1-3-9-13(14)11(19(2)17-9)4-12(21)10-7-20(18-16-10)8-5-15-6-8/h7-8,15H,3-6H2,1-2H3. The first-order valence-corrected chi connectivity index (χ1v) is 7.75. The van der Waals surface area contributed by atoms with Crippen LogP contribution < -0.4 is 5.32 Å². The van der Waals surface area contributed by atoms with Crippen LogP contribution in [0.3, 0.4) is 0 Å². The van der Waals surface area contributed by atoms with Gasteiger partial charge in [-0.2, -0.15) is 5.10 Å². The molecule has 0 atom stereocenters. The van der Waals surface area contributed by atoms with Crippen molar-refractivity contribution in [2.45, 2.75) is 25.8 Å². The third-order valence-electron chi connectivity index (χ3n) is 3.76. The maximum atomic E-state index is 12.4. The van der Waals surface area contributed by atoms with Crippen LogP contribution in [0.25, 0.3) is 0 Å². The summed E-state index contributed by atoms with van der Waals surface area (Å²) in [4.78, 5) is 12.4. The minimum Gasteiger partial charge on any atom is -0.312 e. The second-order valence-electron chi connectivity index (χ2n) is 5.18. The second kappa shape index (κ2) is 5.69. The molecule has 7 nitrogen and oxygen atoms in total. The molecule has 3 heterocycles. The third-order valence-corrected chi connectivity index (χ3v) is 4.68. The van der Waals surface area contributed by atoms with Crippen LogP contribution in [0.1, 0.15) is 34.8 Å². The largest absolute Gasteiger partial charge is 0.312 e. The van der Waals surface area contributed by atoms with Gasteiger partial charge < -0.3 is 5.32 Å². The minimum absolute atomic E-state index is 0.0418. The molecule has 1 aliphatic rings. The Morgan fingerprint density at radius 3 is 2.86 bits per heavy atom. The van der Waals surface area contributed by atoms with E-state index in [0.717, 1.165) is 35.4 Å². The first-order valence-electron chi connectivity index (χ1n) is 6.96. The van der Waals surface area contributed by atoms with Crippen LogP contribution in [-0.4, -0.2) is 43.6 Å². The second-order valence-corrected chi connectivity index (χ2v) is 5.97. The molecule has 1 N–H and O–H groups in total. The van der Waals surface area contributed by atoms with Gasteiger partial charge in [-0.05, 0) is 22.4 Å². The Bertz CT molecular complexity index is 672. The normalized spacial score (nSPS) is 15.2. The predicted molar refractivity (Wildman–Crippen MR) is 80.2 cm³/mol. The van der Waals surface area contributed by atoms with Crippen LogP contribution >= 0.6 is 15.9 Å². The zero-order valence-corrected chi connectivity index (χ0v) is 13.6. The number of aryl methyl sites for hydroxylation is 2. The topological polar surface area (TPSA) is 77.6 Å². The Labute approximate surface area is 130 Å². The molecule has 0 bridgehead atoms. The Morgan fingerprint density at radius 2 is 2.29 bits per heavy atom. The number of halogens is 1. The monoisotopic (exact) mass is 352 g/mol. The van der Waals surface area contributed by atoms with Gasteiger partial charge in [0.1, 0.15) is 5.69 Å². The van der Waals surface area contributed by atoms with E-state index in [4.69, 9.17) is 0 Å². The van der Waals surface area contributed by atoms with Gasteiger partial charge in [-0.15, -0.1) is 5.10 Å². The highest BCUT2D eigenvalue weighted by atomic mass is 79.9. The van der Waals surface area contributed by atoms with Crippen LogP contribution in [0.4, 0.5) is 0 Å². The van der Waals surface area contributed by atoms with Crippen molar-refractivity contribution in [3.8, 4) is 0 Å². The molecule has 112 valence electrons. The zero-order valence-electron chi connectivity index (χ0n) is 12.0. The van der Waals surface area contributed by atoms with Crippen molar-refractivity contribution in [1.82, 2.24) is 30.1 Å². The van der Waals surface area contributed by atoms with Crippen LogP contribution in [0, 0.1) is 0 Å². The number of carbonyl (C=O) groups is 1. The van der Waals surface area contributed by atoms with Gasteiger partial charge in [0.2, 0.25) is 0 Å². The van der Waals surface area contributed by atoms with Crippen molar-refractivity contribution in [3.05, 3.63) is 27.8 Å². The highest BCUT2D eigenvalue weighted by Crippen LogP contribution is 2.23. The summed E-state index contributed by atoms with van der Waals surface area (Å²) in [5.74, 6) is -0.0418. The third kappa shape index (κ3) is 2.65. The molecule has 0 aliphatic carbocycles. The molecule has 0 radical (unpaired) electrons. The number of hydrogen-bond donors (Lipinski definition) is 1. The quantitative estimate of drug-likeness (QED) is 0.809. The molecule has 0 amide bonds. The van der Waals surface area contributed by atoms with Gasteiger partial charge >= 0.3 is 0 Å². The van der Waals surface area contributed by atoms with E-state index >= 15 is 0 Å². The molecule has 0 saturated carbocycles. The lowest BCUT2D eigenvalue weighted by atomic mass is 10.1. The summed E-state index contributed by atoms with van der Waals surface area (Å²) in [5.41, 5.74) is 2.24. The fourth-order valence-corrected chi connectivity index (χ4v) is 3.05. The van der Waals surface area contributed by atoms with Crippen LogP contribution in [0.5, 0.6) is 0 Å². The molecule has 8 heteroatoms. The summed E-state index contributed by atoms with van der Waals surface area (Å²) in [5, 5.41) is 15.6. The van der Waals surface area contributed by atoms with Gasteiger partial charge in [-0.1, -0.05) is 12.1 Å². The summed E-state index contributed by atoms with van der Waals surface area (Å²) < 4.78 is 4.43. The summed E-state index contributed by atoms with van der Waals surface area (Å²) in [6.07, 6.45) is 2.83. The fraction of sp³-hybridized carbons (Fsp3) is 0.538. The van der Waals surface area contributed by atoms with Crippen LogP contribution in [0.15, 0.2) is 10.7 Å². The van der Waals surface area contributed by atoms with Crippen molar-refractivity contribution in [2.24, 2.45) is 7.05 Å². The van der Waals surface area contributed by atoms with Crippen LogP contribution in [-0.2, 0) is 19.9 Å². The molecular formula is C13H17BrN6O. The van der Waals surface area contributed by atoms with E-state index in [1.807, 2.05) is 14.0 Å². The van der Waals surface area contributed by atoms with E-state index in [9.17, 15) is 4.79 Å². The smallest absolute Gasteiger partial charge is 0.190 e. The fourth-order valence-electron chi connectivity index (χ4n) is 2.30. The van der Waals surface area contributed by atoms with E-state index in [1.54, 1.807) is 15.6 Å². The van der Waals surface area contributed by atoms with Gasteiger partial charge in [0.05, 0.1) is 34.5 Å². The zero-order chi connectivity index (χ0) is 15.0. The summed E-state index contributed by atoms with van der Waals surface area (Å²) in [7, 11) is 1.85. The lowest BCUT2D eigenvalue weighted by molar-refractivity contribution is 0.0985. The van der Waals surface area contributed by atoms with Gasteiger partial charge in [-0.3, -0.25) is 9.48 Å². The van der Waals surface area contributed by atoms with Gasteiger partial charge in [0.15, 0.2) is 5.78 Å². The van der Waals surface area contributed by atoms with Gasteiger partial charge in [0.25, 0.3) is 0 Å². The molecule has 1 aliphatic heterocycles. The summed E-state index contributed by atoms with van der Waals surface area (Å²) in [6, 6.07) is 0.314. The average Bonchev–Trinajstić information content (AvgIpc) is 2.97. The number of aromatic nitrogens is 5. The number of Topliss-reactive ketones (excluding diaryl/α,β-unsaturated/α-hetero) is 1. The molecule has 1 fully saturated rings. The molecule has 0 spiro atoms. The lowest BCUT2D eigenvalue weighted by Crippen LogP contribution is -2.43. The van der Waals surface area contributed by atoms with Gasteiger partial charge in [-0.25, -0.2) is 4.68 Å². The Balaban J connectivity index is 1.77. The van der Waals surface area contributed by atoms with E-state index < -0.39 is 0 Å². The summed E-state index contributed by atoms with van der Waals surface area (Å²) in [6.45, 7) is 3.80. The molecule has 2 aromatic heterocycles. The number of hydrogen-bond acceptors (Lipinski definition) is 5. The number of rotatable bonds is 5. The Hall–Kier alpha value is -1.54. The first kappa shape index (κ1) is 14.4. The number of carbonyl (C=O) groups excluding carboxylic acids is 1. The van der Waals surface area contributed by atoms with E-state index in [2.05, 4.69) is 36.7 Å². The highest BCUT2D eigenvalue weighted by molar-refractivity contribution is 9.10. The molecule has 0 unspecified atom stereocenters. The van der Waals surface area contributed by atoms with E-state index in [-0.39, 0.29) is 12.2 Å². The summed E-state index contributed by atoms with van der Waals surface area (Å²) >= 11 is 3.53. The maximum absolute atomic E-state index is 12.4. The van der Waals surface area contributed by atoms with E-state index in [0.29, 0.717) is 11.7 Å². The Morgan fingerprint density at radius 1 is 1.52 bits per heavy atom. The molecular weight excluding hydrogens is 336 g/mol. The van der Waals surface area contributed by atoms with Crippen molar-refractivity contribution in [1.29, 1.82) is 0 Å². The van der Waals surface area contributed by atoms with Crippen molar-refractivity contribution >= 4 is 21.7 Å². The van der Waals surface area contributed by atoms with Crippen molar-refractivity contribution in [2.75, 3.05) is 13.1 Å². The van der Waals surface area contributed by atoms with E-state index in [1.165, 1.54) is 0 Å². The predicted octanol–water partition coefficient (Wildman–Crippen LogP) is 0.906. The Kier molecular flexibility index (Phi) is 3.90. The minimum atomic E-state index is -0.0418. The lowest BCUT2D eigenvalue weighted by Gasteiger charge is -2.26. The SMILES string of the molecule is CCc1nn(C)c(CC(=O)c2cn(C3CNC3)nn2)c1Br. The molecule has 1 saturated heterocycles. The number of nitrogens with zero attached hydrogens (tertiary/aromatic N) is 5. The first-order chi connectivity index (χ1) is 10.1. The maximum Gasteiger partial charge on any atom is 0.190 e. The van der Waals surface area contributed by atoms with Crippen molar-refractivity contribution in [3.63, 3.8) is 0 Å². The van der Waals surface area contributed by atoms with Crippen LogP contribution in [0.2, 0.25) is 0 Å². The number of ketones is 1. The highest BCUT2D eigenvalue weighted by Gasteiger charge is 2.23. The average molecular weight is 353 g/mol. The van der Waals surface area contributed by atoms with Crippen molar-refractivity contribution < 1.29 is 4.79 Å². The molecule has 2 aromatic rings.